The van der Waals surface area contributed by atoms with E-state index in [0.717, 1.165) is 44.6 Å². The summed E-state index contributed by atoms with van der Waals surface area (Å²) in [7, 11) is 0. The molecule has 1 aromatic carbocycles. The number of likely N-dealkylation sites (tertiary alicyclic amines) is 1. The zero-order valence-electron chi connectivity index (χ0n) is 13.2. The maximum absolute atomic E-state index is 12.1. The molecule has 5 heteroatoms. The first kappa shape index (κ1) is 17.6. The molecule has 0 radical (unpaired) electrons. The third kappa shape index (κ3) is 4.87. The lowest BCUT2D eigenvalue weighted by Gasteiger charge is -2.31. The van der Waals surface area contributed by atoms with E-state index in [9.17, 15) is 4.79 Å². The first-order valence-corrected chi connectivity index (χ1v) is 8.66. The number of hydrogen-bond acceptors (Lipinski definition) is 2. The van der Waals surface area contributed by atoms with E-state index in [1.54, 1.807) is 0 Å². The highest BCUT2D eigenvalue weighted by Gasteiger charge is 2.25. The molecule has 1 aliphatic rings. The summed E-state index contributed by atoms with van der Waals surface area (Å²) >= 11 is 12.4. The molecule has 22 heavy (non-hydrogen) atoms. The Morgan fingerprint density at radius 1 is 1.27 bits per heavy atom. The van der Waals surface area contributed by atoms with Crippen LogP contribution in [0, 0.1) is 11.8 Å². The summed E-state index contributed by atoms with van der Waals surface area (Å²) in [6.45, 7) is 7.53. The van der Waals surface area contributed by atoms with Crippen LogP contribution in [0.5, 0.6) is 0 Å². The van der Waals surface area contributed by atoms with Crippen molar-refractivity contribution in [2.24, 2.45) is 11.8 Å². The molecule has 1 amide bonds. The number of piperidine rings is 1. The Kier molecular flexibility index (Phi) is 6.54. The molecule has 0 bridgehead atoms. The number of halogens is 2. The minimum Gasteiger partial charge on any atom is -0.356 e. The van der Waals surface area contributed by atoms with Crippen LogP contribution in [0.2, 0.25) is 10.0 Å². The van der Waals surface area contributed by atoms with Crippen LogP contribution in [0.15, 0.2) is 18.2 Å². The molecular weight excluding hydrogens is 319 g/mol. The molecule has 3 nitrogen and oxygen atoms in total. The summed E-state index contributed by atoms with van der Waals surface area (Å²) in [6.07, 6.45) is 1.79. The van der Waals surface area contributed by atoms with Gasteiger partial charge in [-0.3, -0.25) is 9.69 Å². The largest absolute Gasteiger partial charge is 0.356 e. The van der Waals surface area contributed by atoms with Crippen LogP contribution in [-0.4, -0.2) is 30.4 Å². The van der Waals surface area contributed by atoms with Crippen LogP contribution in [0.1, 0.15) is 32.3 Å². The van der Waals surface area contributed by atoms with Gasteiger partial charge in [0.15, 0.2) is 0 Å². The summed E-state index contributed by atoms with van der Waals surface area (Å²) in [6, 6.07) is 5.60. The van der Waals surface area contributed by atoms with Crippen molar-refractivity contribution in [3.63, 3.8) is 0 Å². The molecule has 0 aliphatic carbocycles. The number of carbonyl (C=O) groups is 1. The molecule has 0 aromatic heterocycles. The van der Waals surface area contributed by atoms with Crippen molar-refractivity contribution in [2.45, 2.75) is 33.2 Å². The zero-order chi connectivity index (χ0) is 16.1. The maximum atomic E-state index is 12.1. The van der Waals surface area contributed by atoms with Gasteiger partial charge in [-0.1, -0.05) is 43.1 Å². The van der Waals surface area contributed by atoms with E-state index in [0.29, 0.717) is 16.0 Å². The normalized spacial score (nSPS) is 17.0. The third-order valence-electron chi connectivity index (χ3n) is 4.09. The monoisotopic (exact) mass is 342 g/mol. The number of amides is 1. The van der Waals surface area contributed by atoms with Gasteiger partial charge in [0, 0.05) is 34.6 Å². The highest BCUT2D eigenvalue weighted by atomic mass is 35.5. The van der Waals surface area contributed by atoms with Gasteiger partial charge >= 0.3 is 0 Å². The molecule has 2 rings (SSSR count). The lowest BCUT2D eigenvalue weighted by molar-refractivity contribution is -0.126. The molecular formula is C17H24Cl2N2O. The van der Waals surface area contributed by atoms with Gasteiger partial charge in [-0.2, -0.15) is 0 Å². The van der Waals surface area contributed by atoms with Crippen molar-refractivity contribution in [1.82, 2.24) is 10.2 Å². The van der Waals surface area contributed by atoms with Gasteiger partial charge in [0.05, 0.1) is 0 Å². The Morgan fingerprint density at radius 2 is 1.86 bits per heavy atom. The van der Waals surface area contributed by atoms with Crippen molar-refractivity contribution in [3.05, 3.63) is 33.8 Å². The van der Waals surface area contributed by atoms with Crippen molar-refractivity contribution < 1.29 is 4.79 Å². The van der Waals surface area contributed by atoms with E-state index in [1.807, 2.05) is 18.2 Å². The van der Waals surface area contributed by atoms with Gasteiger partial charge in [-0.15, -0.1) is 0 Å². The van der Waals surface area contributed by atoms with Crippen molar-refractivity contribution in [1.29, 1.82) is 0 Å². The Labute approximate surface area is 143 Å². The highest BCUT2D eigenvalue weighted by molar-refractivity contribution is 6.35. The second-order valence-electron chi connectivity index (χ2n) is 6.39. The molecule has 1 aliphatic heterocycles. The number of benzene rings is 1. The average Bonchev–Trinajstić information content (AvgIpc) is 2.49. The molecule has 1 heterocycles. The Bertz CT molecular complexity index is 491. The fourth-order valence-electron chi connectivity index (χ4n) is 2.71. The van der Waals surface area contributed by atoms with Crippen molar-refractivity contribution in [3.8, 4) is 0 Å². The first-order chi connectivity index (χ1) is 10.5. The number of carbonyl (C=O) groups excluding carboxylic acids is 1. The number of nitrogens with one attached hydrogen (secondary N) is 1. The van der Waals surface area contributed by atoms with Gasteiger partial charge in [-0.25, -0.2) is 0 Å². The van der Waals surface area contributed by atoms with Crippen LogP contribution >= 0.6 is 23.2 Å². The molecule has 1 fully saturated rings. The fraction of sp³-hybridized carbons (Fsp3) is 0.588. The third-order valence-corrected chi connectivity index (χ3v) is 4.79. The first-order valence-electron chi connectivity index (χ1n) is 7.90. The van der Waals surface area contributed by atoms with Crippen LogP contribution in [0.25, 0.3) is 0 Å². The van der Waals surface area contributed by atoms with Crippen molar-refractivity contribution >= 4 is 29.1 Å². The highest BCUT2D eigenvalue weighted by Crippen LogP contribution is 2.27. The van der Waals surface area contributed by atoms with Crippen LogP contribution in [0.4, 0.5) is 0 Å². The summed E-state index contributed by atoms with van der Waals surface area (Å²) in [4.78, 5) is 14.4. The molecule has 1 N–H and O–H groups in total. The molecule has 0 unspecified atom stereocenters. The van der Waals surface area contributed by atoms with E-state index >= 15 is 0 Å². The SMILES string of the molecule is CC(C)CNC(=O)C1CCN(Cc2c(Cl)cccc2Cl)CC1. The van der Waals surface area contributed by atoms with Crippen molar-refractivity contribution in [2.75, 3.05) is 19.6 Å². The minimum atomic E-state index is 0.136. The number of rotatable bonds is 5. The Morgan fingerprint density at radius 3 is 2.41 bits per heavy atom. The van der Waals surface area contributed by atoms with Crippen LogP contribution < -0.4 is 5.32 Å². The van der Waals surface area contributed by atoms with E-state index in [1.165, 1.54) is 0 Å². The summed E-state index contributed by atoms with van der Waals surface area (Å²) in [5.74, 6) is 0.826. The van der Waals surface area contributed by atoms with E-state index in [4.69, 9.17) is 23.2 Å². The van der Waals surface area contributed by atoms with Gasteiger partial charge < -0.3 is 5.32 Å². The van der Waals surface area contributed by atoms with Crippen LogP contribution in [-0.2, 0) is 11.3 Å². The quantitative estimate of drug-likeness (QED) is 0.877. The summed E-state index contributed by atoms with van der Waals surface area (Å²) < 4.78 is 0. The van der Waals surface area contributed by atoms with Gasteiger partial charge in [0.1, 0.15) is 0 Å². The second-order valence-corrected chi connectivity index (χ2v) is 7.20. The minimum absolute atomic E-state index is 0.136. The number of hydrogen-bond donors (Lipinski definition) is 1. The second kappa shape index (κ2) is 8.19. The standard InChI is InChI=1S/C17H24Cl2N2O/c1-12(2)10-20-17(22)13-6-8-21(9-7-13)11-14-15(18)4-3-5-16(14)19/h3-5,12-13H,6-11H2,1-2H3,(H,20,22). The van der Waals surface area contributed by atoms with E-state index < -0.39 is 0 Å². The smallest absolute Gasteiger partial charge is 0.223 e. The summed E-state index contributed by atoms with van der Waals surface area (Å²) in [5, 5.41) is 4.46. The lowest BCUT2D eigenvalue weighted by Crippen LogP contribution is -2.41. The Balaban J connectivity index is 1.83. The zero-order valence-corrected chi connectivity index (χ0v) is 14.8. The molecule has 0 atom stereocenters. The number of nitrogens with zero attached hydrogens (tertiary/aromatic N) is 1. The fourth-order valence-corrected chi connectivity index (χ4v) is 3.23. The average molecular weight is 343 g/mol. The van der Waals surface area contributed by atoms with Gasteiger partial charge in [-0.05, 0) is 44.0 Å². The van der Waals surface area contributed by atoms with Gasteiger partial charge in [0.25, 0.3) is 0 Å². The van der Waals surface area contributed by atoms with E-state index in [2.05, 4.69) is 24.1 Å². The molecule has 1 aromatic rings. The molecule has 122 valence electrons. The molecule has 1 saturated heterocycles. The summed E-state index contributed by atoms with van der Waals surface area (Å²) in [5.41, 5.74) is 0.980. The lowest BCUT2D eigenvalue weighted by atomic mass is 9.95. The van der Waals surface area contributed by atoms with Gasteiger partial charge in [0.2, 0.25) is 5.91 Å². The maximum Gasteiger partial charge on any atom is 0.223 e. The van der Waals surface area contributed by atoms with E-state index in [-0.39, 0.29) is 11.8 Å². The van der Waals surface area contributed by atoms with Crippen LogP contribution in [0.3, 0.4) is 0 Å². The predicted molar refractivity (Wildman–Crippen MR) is 92.3 cm³/mol. The Hall–Kier alpha value is -0.770. The topological polar surface area (TPSA) is 32.3 Å². The predicted octanol–water partition coefficient (Wildman–Crippen LogP) is 3.98. The molecule has 0 saturated carbocycles. The molecule has 0 spiro atoms.